The first-order chi connectivity index (χ1) is 7.84. The standard InChI is InChI=1S/C11H16BrN3O/c12-10-7-11(9-13-8-10)14-1-2-15-3-5-16-6-4-15/h7-9,14H,1-6H2. The first kappa shape index (κ1) is 11.8. The van der Waals surface area contributed by atoms with Crippen molar-refractivity contribution in [1.29, 1.82) is 0 Å². The number of hydrogen-bond donors (Lipinski definition) is 1. The topological polar surface area (TPSA) is 37.4 Å². The lowest BCUT2D eigenvalue weighted by Gasteiger charge is -2.26. The minimum atomic E-state index is 0.860. The van der Waals surface area contributed by atoms with Crippen molar-refractivity contribution in [3.63, 3.8) is 0 Å². The second-order valence-corrected chi connectivity index (χ2v) is 4.69. The monoisotopic (exact) mass is 285 g/mol. The molecule has 0 amide bonds. The van der Waals surface area contributed by atoms with E-state index in [2.05, 4.69) is 31.1 Å². The number of anilines is 1. The lowest BCUT2D eigenvalue weighted by atomic mass is 10.4. The number of nitrogens with zero attached hydrogens (tertiary/aromatic N) is 2. The van der Waals surface area contributed by atoms with Gasteiger partial charge < -0.3 is 10.1 Å². The molecule has 2 rings (SSSR count). The maximum absolute atomic E-state index is 5.30. The highest BCUT2D eigenvalue weighted by Gasteiger charge is 2.08. The number of halogens is 1. The molecule has 1 saturated heterocycles. The molecule has 0 unspecified atom stereocenters. The van der Waals surface area contributed by atoms with E-state index in [1.165, 1.54) is 0 Å². The van der Waals surface area contributed by atoms with Gasteiger partial charge in [0, 0.05) is 36.8 Å². The lowest BCUT2D eigenvalue weighted by molar-refractivity contribution is 0.0398. The van der Waals surface area contributed by atoms with Crippen molar-refractivity contribution in [3.8, 4) is 0 Å². The molecule has 2 heterocycles. The quantitative estimate of drug-likeness (QED) is 0.912. The van der Waals surface area contributed by atoms with Gasteiger partial charge >= 0.3 is 0 Å². The molecule has 0 aliphatic carbocycles. The Hall–Kier alpha value is -0.650. The van der Waals surface area contributed by atoms with E-state index >= 15 is 0 Å². The van der Waals surface area contributed by atoms with Gasteiger partial charge in [0.2, 0.25) is 0 Å². The van der Waals surface area contributed by atoms with E-state index in [4.69, 9.17) is 4.74 Å². The molecule has 0 atom stereocenters. The number of ether oxygens (including phenoxy) is 1. The summed E-state index contributed by atoms with van der Waals surface area (Å²) in [6.45, 7) is 5.79. The summed E-state index contributed by atoms with van der Waals surface area (Å²) in [5, 5.41) is 3.36. The van der Waals surface area contributed by atoms with Crippen LogP contribution < -0.4 is 5.32 Å². The minimum absolute atomic E-state index is 0.860. The van der Waals surface area contributed by atoms with Gasteiger partial charge in [-0.15, -0.1) is 0 Å². The summed E-state index contributed by atoms with van der Waals surface area (Å²) in [5.41, 5.74) is 1.06. The number of rotatable bonds is 4. The van der Waals surface area contributed by atoms with Gasteiger partial charge in [0.15, 0.2) is 0 Å². The molecule has 88 valence electrons. The van der Waals surface area contributed by atoms with E-state index in [0.29, 0.717) is 0 Å². The van der Waals surface area contributed by atoms with Crippen molar-refractivity contribution in [2.75, 3.05) is 44.7 Å². The number of pyridine rings is 1. The fourth-order valence-corrected chi connectivity index (χ4v) is 2.06. The maximum Gasteiger partial charge on any atom is 0.0594 e. The van der Waals surface area contributed by atoms with E-state index in [1.807, 2.05) is 12.3 Å². The molecule has 0 bridgehead atoms. The van der Waals surface area contributed by atoms with Crippen LogP contribution in [0.4, 0.5) is 5.69 Å². The van der Waals surface area contributed by atoms with Crippen LogP contribution in [0.15, 0.2) is 22.9 Å². The molecule has 0 saturated carbocycles. The van der Waals surface area contributed by atoms with Gasteiger partial charge in [-0.2, -0.15) is 0 Å². The number of nitrogens with one attached hydrogen (secondary N) is 1. The van der Waals surface area contributed by atoms with Crippen molar-refractivity contribution >= 4 is 21.6 Å². The summed E-state index contributed by atoms with van der Waals surface area (Å²) >= 11 is 3.40. The Morgan fingerprint density at radius 3 is 2.94 bits per heavy atom. The smallest absolute Gasteiger partial charge is 0.0594 e. The molecule has 1 aromatic heterocycles. The van der Waals surface area contributed by atoms with Crippen molar-refractivity contribution in [2.45, 2.75) is 0 Å². The predicted octanol–water partition coefficient (Wildman–Crippen LogP) is 1.59. The van der Waals surface area contributed by atoms with Crippen LogP contribution in [0.3, 0.4) is 0 Å². The van der Waals surface area contributed by atoms with Gasteiger partial charge in [0.05, 0.1) is 25.1 Å². The molecule has 0 aromatic carbocycles. The lowest BCUT2D eigenvalue weighted by Crippen LogP contribution is -2.39. The SMILES string of the molecule is Brc1cncc(NCCN2CCOCC2)c1. The highest BCUT2D eigenvalue weighted by atomic mass is 79.9. The van der Waals surface area contributed by atoms with Crippen LogP contribution in [0.25, 0.3) is 0 Å². The van der Waals surface area contributed by atoms with Gasteiger partial charge in [-0.3, -0.25) is 9.88 Å². The summed E-state index contributed by atoms with van der Waals surface area (Å²) in [4.78, 5) is 6.51. The Balaban J connectivity index is 1.71. The third-order valence-corrected chi connectivity index (χ3v) is 3.00. The fraction of sp³-hybridized carbons (Fsp3) is 0.545. The van der Waals surface area contributed by atoms with Crippen molar-refractivity contribution in [2.24, 2.45) is 0 Å². The molecule has 0 radical (unpaired) electrons. The summed E-state index contributed by atoms with van der Waals surface area (Å²) in [5.74, 6) is 0. The molecule has 1 aliphatic rings. The summed E-state index contributed by atoms with van der Waals surface area (Å²) in [7, 11) is 0. The Bertz CT molecular complexity index is 329. The fourth-order valence-electron chi connectivity index (χ4n) is 1.69. The average Bonchev–Trinajstić information content (AvgIpc) is 2.30. The van der Waals surface area contributed by atoms with E-state index in [1.54, 1.807) is 6.20 Å². The summed E-state index contributed by atoms with van der Waals surface area (Å²) in [6, 6.07) is 2.03. The average molecular weight is 286 g/mol. The molecule has 0 spiro atoms. The van der Waals surface area contributed by atoms with Gasteiger partial charge in [-0.05, 0) is 22.0 Å². The van der Waals surface area contributed by atoms with Gasteiger partial charge in [0.1, 0.15) is 0 Å². The van der Waals surface area contributed by atoms with Crippen LogP contribution >= 0.6 is 15.9 Å². The van der Waals surface area contributed by atoms with Crippen LogP contribution in [0, 0.1) is 0 Å². The minimum Gasteiger partial charge on any atom is -0.382 e. The van der Waals surface area contributed by atoms with Crippen molar-refractivity contribution in [1.82, 2.24) is 9.88 Å². The van der Waals surface area contributed by atoms with Gasteiger partial charge in [0.25, 0.3) is 0 Å². The van der Waals surface area contributed by atoms with Crippen LogP contribution in [-0.2, 0) is 4.74 Å². The van der Waals surface area contributed by atoms with Crippen LogP contribution in [-0.4, -0.2) is 49.3 Å². The largest absolute Gasteiger partial charge is 0.382 e. The van der Waals surface area contributed by atoms with Crippen LogP contribution in [0.2, 0.25) is 0 Å². The maximum atomic E-state index is 5.30. The highest BCUT2D eigenvalue weighted by molar-refractivity contribution is 9.10. The molecule has 1 aliphatic heterocycles. The zero-order chi connectivity index (χ0) is 11.2. The van der Waals surface area contributed by atoms with Crippen molar-refractivity contribution < 1.29 is 4.74 Å². The molecule has 16 heavy (non-hydrogen) atoms. The van der Waals surface area contributed by atoms with E-state index in [9.17, 15) is 0 Å². The molecule has 5 heteroatoms. The molecule has 4 nitrogen and oxygen atoms in total. The van der Waals surface area contributed by atoms with Crippen molar-refractivity contribution in [3.05, 3.63) is 22.9 Å². The number of hydrogen-bond acceptors (Lipinski definition) is 4. The van der Waals surface area contributed by atoms with Gasteiger partial charge in [-0.1, -0.05) is 0 Å². The third kappa shape index (κ3) is 3.73. The Morgan fingerprint density at radius 1 is 1.38 bits per heavy atom. The first-order valence-corrected chi connectivity index (χ1v) is 6.28. The van der Waals surface area contributed by atoms with Crippen LogP contribution in [0.5, 0.6) is 0 Å². The molecular weight excluding hydrogens is 270 g/mol. The number of aromatic nitrogens is 1. The molecule has 1 fully saturated rings. The summed E-state index contributed by atoms with van der Waals surface area (Å²) < 4.78 is 6.31. The molecular formula is C11H16BrN3O. The molecule has 1 N–H and O–H groups in total. The molecule has 1 aromatic rings. The zero-order valence-corrected chi connectivity index (χ0v) is 10.7. The van der Waals surface area contributed by atoms with E-state index in [0.717, 1.165) is 49.6 Å². The second-order valence-electron chi connectivity index (χ2n) is 3.77. The summed E-state index contributed by atoms with van der Waals surface area (Å²) in [6.07, 6.45) is 3.62. The second kappa shape index (κ2) is 6.18. The first-order valence-electron chi connectivity index (χ1n) is 5.49. The third-order valence-electron chi connectivity index (χ3n) is 2.57. The highest BCUT2D eigenvalue weighted by Crippen LogP contribution is 2.13. The predicted molar refractivity (Wildman–Crippen MR) is 67.7 cm³/mol. The van der Waals surface area contributed by atoms with E-state index < -0.39 is 0 Å². The Morgan fingerprint density at radius 2 is 2.19 bits per heavy atom. The number of morpholine rings is 1. The van der Waals surface area contributed by atoms with Gasteiger partial charge in [-0.25, -0.2) is 0 Å². The van der Waals surface area contributed by atoms with E-state index in [-0.39, 0.29) is 0 Å². The van der Waals surface area contributed by atoms with Crippen LogP contribution in [0.1, 0.15) is 0 Å². The Kier molecular flexibility index (Phi) is 4.56. The normalized spacial score (nSPS) is 17.3. The Labute approximate surface area is 104 Å². The zero-order valence-electron chi connectivity index (χ0n) is 9.16.